The Morgan fingerprint density at radius 3 is 2.70 bits per heavy atom. The molecule has 0 radical (unpaired) electrons. The van der Waals surface area contributed by atoms with Gasteiger partial charge in [-0.3, -0.25) is 9.97 Å². The van der Waals surface area contributed by atoms with Crippen molar-refractivity contribution in [3.8, 4) is 11.4 Å². The topological polar surface area (TPSA) is 46.8 Å². The summed E-state index contributed by atoms with van der Waals surface area (Å²) in [6.45, 7) is 10.0. The van der Waals surface area contributed by atoms with Crippen molar-refractivity contribution < 1.29 is 0 Å². The average Bonchev–Trinajstić information content (AvgIpc) is 2.86. The summed E-state index contributed by atoms with van der Waals surface area (Å²) < 4.78 is 2.10. The van der Waals surface area contributed by atoms with E-state index in [2.05, 4.69) is 33.3 Å². The van der Waals surface area contributed by atoms with Crippen molar-refractivity contribution in [1.29, 1.82) is 0 Å². The van der Waals surface area contributed by atoms with Crippen molar-refractivity contribution in [3.63, 3.8) is 0 Å². The first-order valence-electron chi connectivity index (χ1n) is 8.58. The number of rotatable bonds is 4. The highest BCUT2D eigenvalue weighted by molar-refractivity contribution is 5.58. The summed E-state index contributed by atoms with van der Waals surface area (Å²) in [6, 6.07) is 0. The van der Waals surface area contributed by atoms with Gasteiger partial charge in [-0.25, -0.2) is 4.98 Å². The van der Waals surface area contributed by atoms with Gasteiger partial charge in [0, 0.05) is 38.4 Å². The van der Waals surface area contributed by atoms with Gasteiger partial charge in [-0.2, -0.15) is 0 Å². The number of imidazole rings is 1. The molecular formula is C18H27N5. The van der Waals surface area contributed by atoms with Gasteiger partial charge in [-0.1, -0.05) is 13.8 Å². The summed E-state index contributed by atoms with van der Waals surface area (Å²) >= 11 is 0. The van der Waals surface area contributed by atoms with E-state index in [9.17, 15) is 0 Å². The van der Waals surface area contributed by atoms with E-state index in [0.29, 0.717) is 11.8 Å². The number of likely N-dealkylation sites (tertiary alicyclic amines) is 1. The Balaban J connectivity index is 1.90. The normalized spacial score (nSPS) is 19.4. The predicted molar refractivity (Wildman–Crippen MR) is 92.2 cm³/mol. The fourth-order valence-electron chi connectivity index (χ4n) is 3.53. The van der Waals surface area contributed by atoms with Crippen molar-refractivity contribution >= 4 is 0 Å². The van der Waals surface area contributed by atoms with Gasteiger partial charge < -0.3 is 9.47 Å². The molecule has 1 fully saturated rings. The third kappa shape index (κ3) is 3.44. The molecule has 124 valence electrons. The van der Waals surface area contributed by atoms with E-state index in [0.717, 1.165) is 36.0 Å². The van der Waals surface area contributed by atoms with E-state index in [1.54, 1.807) is 6.20 Å². The van der Waals surface area contributed by atoms with Gasteiger partial charge in [0.25, 0.3) is 0 Å². The summed E-state index contributed by atoms with van der Waals surface area (Å²) in [5.41, 5.74) is 3.18. The molecular weight excluding hydrogens is 286 g/mol. The van der Waals surface area contributed by atoms with Crippen LogP contribution in [-0.4, -0.2) is 44.1 Å². The maximum Gasteiger partial charge on any atom is 0.110 e. The Kier molecular flexibility index (Phi) is 4.76. The SMILES string of the molecule is Cc1ncc(-c2nccnc2[C@H]2CCCN(CC(C)C)C2)n1C. The molecule has 1 saturated heterocycles. The van der Waals surface area contributed by atoms with E-state index in [4.69, 9.17) is 4.98 Å². The lowest BCUT2D eigenvalue weighted by Gasteiger charge is -2.33. The van der Waals surface area contributed by atoms with Crippen LogP contribution in [0.15, 0.2) is 18.6 Å². The summed E-state index contributed by atoms with van der Waals surface area (Å²) in [6.07, 6.45) is 7.95. The van der Waals surface area contributed by atoms with E-state index >= 15 is 0 Å². The van der Waals surface area contributed by atoms with Gasteiger partial charge in [0.1, 0.15) is 11.5 Å². The third-order valence-electron chi connectivity index (χ3n) is 4.71. The molecule has 5 nitrogen and oxygen atoms in total. The second kappa shape index (κ2) is 6.79. The van der Waals surface area contributed by atoms with Crippen LogP contribution in [0.2, 0.25) is 0 Å². The molecule has 0 bridgehead atoms. The number of hydrogen-bond donors (Lipinski definition) is 0. The molecule has 0 saturated carbocycles. The lowest BCUT2D eigenvalue weighted by Crippen LogP contribution is -2.37. The third-order valence-corrected chi connectivity index (χ3v) is 4.71. The van der Waals surface area contributed by atoms with Gasteiger partial charge in [0.15, 0.2) is 0 Å². The van der Waals surface area contributed by atoms with Gasteiger partial charge in [0.05, 0.1) is 17.6 Å². The molecule has 0 amide bonds. The Bertz CT molecular complexity index is 661. The lowest BCUT2D eigenvalue weighted by molar-refractivity contribution is 0.186. The Morgan fingerprint density at radius 1 is 1.22 bits per heavy atom. The van der Waals surface area contributed by atoms with Gasteiger partial charge in [-0.05, 0) is 32.2 Å². The van der Waals surface area contributed by atoms with Crippen molar-refractivity contribution in [2.24, 2.45) is 13.0 Å². The Hall–Kier alpha value is -1.75. The highest BCUT2D eigenvalue weighted by Gasteiger charge is 2.26. The number of aromatic nitrogens is 4. The van der Waals surface area contributed by atoms with Crippen molar-refractivity contribution in [3.05, 3.63) is 30.1 Å². The van der Waals surface area contributed by atoms with Crippen molar-refractivity contribution in [2.45, 2.75) is 39.5 Å². The first kappa shape index (κ1) is 16.1. The van der Waals surface area contributed by atoms with Gasteiger partial charge in [-0.15, -0.1) is 0 Å². The molecule has 1 atom stereocenters. The van der Waals surface area contributed by atoms with Crippen LogP contribution in [0, 0.1) is 12.8 Å². The highest BCUT2D eigenvalue weighted by Crippen LogP contribution is 2.32. The zero-order valence-corrected chi connectivity index (χ0v) is 14.7. The largest absolute Gasteiger partial charge is 0.330 e. The van der Waals surface area contributed by atoms with Crippen LogP contribution < -0.4 is 0 Å². The van der Waals surface area contributed by atoms with Crippen molar-refractivity contribution in [2.75, 3.05) is 19.6 Å². The summed E-state index contributed by atoms with van der Waals surface area (Å²) in [7, 11) is 2.04. The van der Waals surface area contributed by atoms with E-state index in [-0.39, 0.29) is 0 Å². The second-order valence-electron chi connectivity index (χ2n) is 7.03. The Morgan fingerprint density at radius 2 is 2.00 bits per heavy atom. The number of hydrogen-bond acceptors (Lipinski definition) is 4. The van der Waals surface area contributed by atoms with Crippen LogP contribution in [0.5, 0.6) is 0 Å². The molecule has 0 aliphatic carbocycles. The van der Waals surface area contributed by atoms with Crippen LogP contribution in [0.3, 0.4) is 0 Å². The lowest BCUT2D eigenvalue weighted by atomic mass is 9.92. The van der Waals surface area contributed by atoms with Crippen LogP contribution in [0.1, 0.15) is 44.1 Å². The number of piperidine rings is 1. The molecule has 23 heavy (non-hydrogen) atoms. The maximum atomic E-state index is 4.71. The summed E-state index contributed by atoms with van der Waals surface area (Å²) in [5, 5.41) is 0. The highest BCUT2D eigenvalue weighted by atomic mass is 15.1. The fourth-order valence-corrected chi connectivity index (χ4v) is 3.53. The molecule has 1 aliphatic rings. The molecule has 0 unspecified atom stereocenters. The number of nitrogens with zero attached hydrogens (tertiary/aromatic N) is 5. The van der Waals surface area contributed by atoms with Gasteiger partial charge >= 0.3 is 0 Å². The maximum absolute atomic E-state index is 4.71. The molecule has 0 aromatic carbocycles. The Labute approximate surface area is 138 Å². The molecule has 3 heterocycles. The van der Waals surface area contributed by atoms with Crippen LogP contribution in [0.25, 0.3) is 11.4 Å². The summed E-state index contributed by atoms with van der Waals surface area (Å²) in [5.74, 6) is 2.16. The minimum Gasteiger partial charge on any atom is -0.330 e. The van der Waals surface area contributed by atoms with Crippen LogP contribution in [-0.2, 0) is 7.05 Å². The summed E-state index contributed by atoms with van der Waals surface area (Å²) in [4.78, 5) is 16.3. The van der Waals surface area contributed by atoms with E-state index < -0.39 is 0 Å². The average molecular weight is 313 g/mol. The zero-order valence-electron chi connectivity index (χ0n) is 14.7. The fraction of sp³-hybridized carbons (Fsp3) is 0.611. The van der Waals surface area contributed by atoms with E-state index in [1.807, 2.05) is 26.4 Å². The minimum absolute atomic E-state index is 0.460. The molecule has 0 N–H and O–H groups in total. The standard InChI is InChI=1S/C18H27N5/c1-13(2)11-23-9-5-6-15(12-23)17-18(20-8-7-19-17)16-10-21-14(3)22(16)4/h7-8,10,13,15H,5-6,9,11-12H2,1-4H3/t15-/m0/s1. The molecule has 2 aromatic heterocycles. The van der Waals surface area contributed by atoms with E-state index in [1.165, 1.54) is 19.4 Å². The molecule has 1 aliphatic heterocycles. The molecule has 3 rings (SSSR count). The first-order chi connectivity index (χ1) is 11.1. The smallest absolute Gasteiger partial charge is 0.110 e. The number of aryl methyl sites for hydroxylation is 1. The molecule has 2 aromatic rings. The van der Waals surface area contributed by atoms with Crippen LogP contribution in [0.4, 0.5) is 0 Å². The zero-order chi connectivity index (χ0) is 16.4. The van der Waals surface area contributed by atoms with Gasteiger partial charge in [0.2, 0.25) is 0 Å². The quantitative estimate of drug-likeness (QED) is 0.870. The second-order valence-corrected chi connectivity index (χ2v) is 7.03. The molecule has 5 heteroatoms. The minimum atomic E-state index is 0.460. The first-order valence-corrected chi connectivity index (χ1v) is 8.58. The van der Waals surface area contributed by atoms with Crippen LogP contribution >= 0.6 is 0 Å². The predicted octanol–water partition coefficient (Wildman–Crippen LogP) is 3.02. The monoisotopic (exact) mass is 313 g/mol. The van der Waals surface area contributed by atoms with Crippen molar-refractivity contribution in [1.82, 2.24) is 24.4 Å². The molecule has 0 spiro atoms.